The molecule has 82 valence electrons. The molecule has 2 rings (SSSR count). The summed E-state index contributed by atoms with van der Waals surface area (Å²) in [5.74, 6) is 8.32. The van der Waals surface area contributed by atoms with Crippen LogP contribution in [-0.2, 0) is 0 Å². The van der Waals surface area contributed by atoms with Crippen molar-refractivity contribution < 1.29 is 0 Å². The Balaban J connectivity index is 2.24. The van der Waals surface area contributed by atoms with Crippen LogP contribution in [0.15, 0.2) is 6.07 Å². The number of hydrogen-bond donors (Lipinski definition) is 3. The molecule has 1 aliphatic rings. The lowest BCUT2D eigenvalue weighted by Gasteiger charge is -2.11. The minimum absolute atomic E-state index is 0.359. The Morgan fingerprint density at radius 1 is 1.33 bits per heavy atom. The average molecular weight is 207 g/mol. The van der Waals surface area contributed by atoms with Gasteiger partial charge in [0.05, 0.1) is 0 Å². The van der Waals surface area contributed by atoms with Gasteiger partial charge in [0.25, 0.3) is 0 Å². The van der Waals surface area contributed by atoms with E-state index >= 15 is 0 Å². The fourth-order valence-electron chi connectivity index (χ4n) is 1.43. The van der Waals surface area contributed by atoms with Crippen molar-refractivity contribution in [1.29, 1.82) is 0 Å². The molecule has 5 heteroatoms. The summed E-state index contributed by atoms with van der Waals surface area (Å²) in [5, 5.41) is 3.26. The first-order valence-corrected chi connectivity index (χ1v) is 5.31. The Morgan fingerprint density at radius 3 is 2.53 bits per heavy atom. The topological polar surface area (TPSA) is 75.9 Å². The van der Waals surface area contributed by atoms with Crippen LogP contribution in [0.25, 0.3) is 0 Å². The molecule has 0 spiro atoms. The minimum Gasteiger partial charge on any atom is -0.368 e. The van der Waals surface area contributed by atoms with Crippen molar-refractivity contribution in [2.75, 3.05) is 10.7 Å². The zero-order valence-corrected chi connectivity index (χ0v) is 9.12. The Bertz CT molecular complexity index is 346. The monoisotopic (exact) mass is 207 g/mol. The van der Waals surface area contributed by atoms with Crippen molar-refractivity contribution in [1.82, 2.24) is 9.97 Å². The van der Waals surface area contributed by atoms with Crippen molar-refractivity contribution in [2.24, 2.45) is 5.84 Å². The van der Waals surface area contributed by atoms with Crippen molar-refractivity contribution in [3.8, 4) is 0 Å². The summed E-state index contributed by atoms with van der Waals surface area (Å²) in [6.45, 7) is 4.16. The Morgan fingerprint density at radius 2 is 2.00 bits per heavy atom. The first kappa shape index (κ1) is 10.2. The molecule has 1 aromatic rings. The smallest absolute Gasteiger partial charge is 0.145 e. The molecule has 0 aliphatic heterocycles. The molecule has 1 fully saturated rings. The molecule has 1 aromatic heterocycles. The predicted molar refractivity (Wildman–Crippen MR) is 60.6 cm³/mol. The highest BCUT2D eigenvalue weighted by molar-refractivity contribution is 5.47. The van der Waals surface area contributed by atoms with E-state index in [4.69, 9.17) is 5.84 Å². The number of nitrogens with one attached hydrogen (secondary N) is 2. The summed E-state index contributed by atoms with van der Waals surface area (Å²) >= 11 is 0. The SMILES string of the molecule is CC(C)Nc1cc(NN)nc(C2CC2)n1. The Kier molecular flexibility index (Phi) is 2.73. The maximum atomic E-state index is 5.37. The van der Waals surface area contributed by atoms with Gasteiger partial charge in [-0.05, 0) is 26.7 Å². The lowest BCUT2D eigenvalue weighted by Crippen LogP contribution is -2.15. The lowest BCUT2D eigenvalue weighted by atomic mass is 10.3. The molecule has 0 amide bonds. The zero-order valence-electron chi connectivity index (χ0n) is 9.12. The highest BCUT2D eigenvalue weighted by atomic mass is 15.3. The minimum atomic E-state index is 0.359. The molecule has 5 nitrogen and oxygen atoms in total. The largest absolute Gasteiger partial charge is 0.368 e. The van der Waals surface area contributed by atoms with Gasteiger partial charge >= 0.3 is 0 Å². The Labute approximate surface area is 89.5 Å². The first-order chi connectivity index (χ1) is 7.19. The van der Waals surface area contributed by atoms with Gasteiger partial charge in [0.2, 0.25) is 0 Å². The van der Waals surface area contributed by atoms with Crippen LogP contribution in [0.1, 0.15) is 38.4 Å². The van der Waals surface area contributed by atoms with Crippen molar-refractivity contribution in [3.05, 3.63) is 11.9 Å². The quantitative estimate of drug-likeness (QED) is 0.515. The number of hydrazine groups is 1. The van der Waals surface area contributed by atoms with Gasteiger partial charge < -0.3 is 10.7 Å². The fourth-order valence-corrected chi connectivity index (χ4v) is 1.43. The molecule has 0 atom stereocenters. The van der Waals surface area contributed by atoms with E-state index in [1.807, 2.05) is 6.07 Å². The second kappa shape index (κ2) is 4.02. The van der Waals surface area contributed by atoms with Crippen LogP contribution in [0.2, 0.25) is 0 Å². The average Bonchev–Trinajstić information content (AvgIpc) is 2.99. The third-order valence-electron chi connectivity index (χ3n) is 2.27. The molecule has 0 unspecified atom stereocenters. The van der Waals surface area contributed by atoms with Crippen molar-refractivity contribution in [2.45, 2.75) is 38.6 Å². The Hall–Kier alpha value is -1.36. The molecule has 0 bridgehead atoms. The maximum Gasteiger partial charge on any atom is 0.145 e. The second-order valence-electron chi connectivity index (χ2n) is 4.21. The number of nitrogens with two attached hydrogens (primary N) is 1. The molecule has 1 heterocycles. The molecule has 15 heavy (non-hydrogen) atoms. The van der Waals surface area contributed by atoms with Crippen LogP contribution in [0.5, 0.6) is 0 Å². The molecule has 0 radical (unpaired) electrons. The summed E-state index contributed by atoms with van der Waals surface area (Å²) in [7, 11) is 0. The number of hydrogen-bond acceptors (Lipinski definition) is 5. The number of rotatable bonds is 4. The van der Waals surface area contributed by atoms with E-state index in [-0.39, 0.29) is 0 Å². The summed E-state index contributed by atoms with van der Waals surface area (Å²) in [5.41, 5.74) is 2.57. The van der Waals surface area contributed by atoms with Crippen LogP contribution in [0, 0.1) is 0 Å². The molecule has 0 saturated heterocycles. The second-order valence-corrected chi connectivity index (χ2v) is 4.21. The molecular weight excluding hydrogens is 190 g/mol. The van der Waals surface area contributed by atoms with Crippen LogP contribution < -0.4 is 16.6 Å². The summed E-state index contributed by atoms with van der Waals surface area (Å²) in [6.07, 6.45) is 2.38. The summed E-state index contributed by atoms with van der Waals surface area (Å²) < 4.78 is 0. The molecule has 1 aliphatic carbocycles. The summed E-state index contributed by atoms with van der Waals surface area (Å²) in [6, 6.07) is 2.18. The van der Waals surface area contributed by atoms with Gasteiger partial charge in [0, 0.05) is 18.0 Å². The predicted octanol–water partition coefficient (Wildman–Crippen LogP) is 1.46. The van der Waals surface area contributed by atoms with Gasteiger partial charge in [-0.3, -0.25) is 0 Å². The maximum absolute atomic E-state index is 5.37. The van der Waals surface area contributed by atoms with E-state index in [2.05, 4.69) is 34.6 Å². The highest BCUT2D eigenvalue weighted by Crippen LogP contribution is 2.38. The van der Waals surface area contributed by atoms with Gasteiger partial charge in [0.15, 0.2) is 0 Å². The highest BCUT2D eigenvalue weighted by Gasteiger charge is 2.27. The normalized spacial score (nSPS) is 15.5. The van der Waals surface area contributed by atoms with Gasteiger partial charge in [-0.25, -0.2) is 15.8 Å². The van der Waals surface area contributed by atoms with E-state index < -0.39 is 0 Å². The first-order valence-electron chi connectivity index (χ1n) is 5.31. The van der Waals surface area contributed by atoms with Gasteiger partial charge in [-0.1, -0.05) is 0 Å². The molecular formula is C10H17N5. The van der Waals surface area contributed by atoms with Crippen LogP contribution in [-0.4, -0.2) is 16.0 Å². The molecule has 1 saturated carbocycles. The van der Waals surface area contributed by atoms with E-state index in [0.29, 0.717) is 17.8 Å². The van der Waals surface area contributed by atoms with E-state index in [0.717, 1.165) is 11.6 Å². The molecule has 4 N–H and O–H groups in total. The van der Waals surface area contributed by atoms with Gasteiger partial charge in [0.1, 0.15) is 17.5 Å². The standard InChI is InChI=1S/C10H17N5/c1-6(2)12-8-5-9(15-11)14-10(13-8)7-3-4-7/h5-7H,3-4,11H2,1-2H3,(H2,12,13,14,15). The third-order valence-corrected chi connectivity index (χ3v) is 2.27. The number of anilines is 2. The van der Waals surface area contributed by atoms with Gasteiger partial charge in [-0.15, -0.1) is 0 Å². The van der Waals surface area contributed by atoms with Crippen LogP contribution in [0.3, 0.4) is 0 Å². The van der Waals surface area contributed by atoms with E-state index in [9.17, 15) is 0 Å². The third kappa shape index (κ3) is 2.56. The van der Waals surface area contributed by atoms with Gasteiger partial charge in [-0.2, -0.15) is 0 Å². The zero-order chi connectivity index (χ0) is 10.8. The van der Waals surface area contributed by atoms with Crippen molar-refractivity contribution in [3.63, 3.8) is 0 Å². The molecule has 0 aromatic carbocycles. The van der Waals surface area contributed by atoms with E-state index in [1.165, 1.54) is 12.8 Å². The van der Waals surface area contributed by atoms with Crippen LogP contribution >= 0.6 is 0 Å². The fraction of sp³-hybridized carbons (Fsp3) is 0.600. The summed E-state index contributed by atoms with van der Waals surface area (Å²) in [4.78, 5) is 8.80. The number of aromatic nitrogens is 2. The lowest BCUT2D eigenvalue weighted by molar-refractivity contribution is 0.865. The van der Waals surface area contributed by atoms with Crippen molar-refractivity contribution >= 4 is 11.6 Å². The van der Waals surface area contributed by atoms with Crippen LogP contribution in [0.4, 0.5) is 11.6 Å². The number of nitrogens with zero attached hydrogens (tertiary/aromatic N) is 2. The number of nitrogen functional groups attached to an aromatic ring is 1. The van der Waals surface area contributed by atoms with E-state index in [1.54, 1.807) is 0 Å².